The third-order valence-corrected chi connectivity index (χ3v) is 6.72. The Bertz CT molecular complexity index is 1130. The zero-order chi connectivity index (χ0) is 22.2. The number of rotatable bonds is 5. The highest BCUT2D eigenvalue weighted by molar-refractivity contribution is 6.40. The number of halogens is 1. The van der Waals surface area contributed by atoms with Crippen LogP contribution in [0.5, 0.6) is 0 Å². The smallest absolute Gasteiger partial charge is 0.258 e. The molecule has 0 saturated carbocycles. The largest absolute Gasteiger partial charge is 0.394 e. The van der Waals surface area contributed by atoms with Gasteiger partial charge in [0.15, 0.2) is 0 Å². The summed E-state index contributed by atoms with van der Waals surface area (Å²) in [5.74, 6) is 0.545. The minimum atomic E-state index is -0.179. The zero-order valence-electron chi connectivity index (χ0n) is 18.3. The van der Waals surface area contributed by atoms with Gasteiger partial charge in [-0.05, 0) is 43.0 Å². The van der Waals surface area contributed by atoms with Gasteiger partial charge in [0.25, 0.3) is 5.91 Å². The topological polar surface area (TPSA) is 66.0 Å². The first kappa shape index (κ1) is 21.0. The summed E-state index contributed by atoms with van der Waals surface area (Å²) in [6, 6.07) is 13.9. The van der Waals surface area contributed by atoms with Crippen LogP contribution in [0.3, 0.4) is 0 Å². The van der Waals surface area contributed by atoms with Crippen molar-refractivity contribution in [2.45, 2.75) is 32.7 Å². The molecule has 0 aromatic heterocycles. The number of para-hydroxylation sites is 1. The molecule has 3 aliphatic heterocycles. The van der Waals surface area contributed by atoms with Crippen LogP contribution >= 0.6 is 11.6 Å². The summed E-state index contributed by atoms with van der Waals surface area (Å²) < 4.78 is 0. The molecule has 0 spiro atoms. The molecular weight excluding hydrogens is 424 g/mol. The van der Waals surface area contributed by atoms with Gasteiger partial charge >= 0.3 is 0 Å². The van der Waals surface area contributed by atoms with Crippen molar-refractivity contribution >= 4 is 40.2 Å². The van der Waals surface area contributed by atoms with Gasteiger partial charge in [0.1, 0.15) is 12.3 Å². The number of oxime groups is 1. The second-order valence-corrected chi connectivity index (χ2v) is 9.17. The molecule has 32 heavy (non-hydrogen) atoms. The zero-order valence-corrected chi connectivity index (χ0v) is 19.1. The molecular formula is C25H27ClN4O2. The molecule has 0 radical (unpaired) electrons. The van der Waals surface area contributed by atoms with Gasteiger partial charge in [-0.3, -0.25) is 9.69 Å². The fourth-order valence-corrected chi connectivity index (χ4v) is 5.17. The molecule has 1 fully saturated rings. The van der Waals surface area contributed by atoms with Gasteiger partial charge in [-0.15, -0.1) is 0 Å². The lowest BCUT2D eigenvalue weighted by molar-refractivity contribution is -0.110. The average Bonchev–Trinajstić information content (AvgIpc) is 3.42. The van der Waals surface area contributed by atoms with E-state index in [2.05, 4.69) is 34.5 Å². The number of anilines is 2. The predicted molar refractivity (Wildman–Crippen MR) is 129 cm³/mol. The molecule has 7 heteroatoms. The molecule has 5 rings (SSSR count). The SMILES string of the molecule is CC[C@H]1C[C@@H](C)CN1CCO/N=C1/C(=C2/C(=O)Nc3ccc(Cl)cc32)Nc2ccccc21. The molecule has 0 aliphatic carbocycles. The lowest BCUT2D eigenvalue weighted by Gasteiger charge is -2.22. The Balaban J connectivity index is 1.44. The van der Waals surface area contributed by atoms with E-state index in [1.165, 1.54) is 6.42 Å². The average molecular weight is 451 g/mol. The number of fused-ring (bicyclic) bond motifs is 2. The quantitative estimate of drug-likeness (QED) is 0.383. The molecule has 2 N–H and O–H groups in total. The summed E-state index contributed by atoms with van der Waals surface area (Å²) in [4.78, 5) is 21.2. The van der Waals surface area contributed by atoms with E-state index in [1.807, 2.05) is 30.3 Å². The van der Waals surface area contributed by atoms with Gasteiger partial charge in [0.2, 0.25) is 0 Å². The lowest BCUT2D eigenvalue weighted by atomic mass is 10.0. The van der Waals surface area contributed by atoms with E-state index in [4.69, 9.17) is 16.4 Å². The highest BCUT2D eigenvalue weighted by Crippen LogP contribution is 2.40. The second kappa shape index (κ2) is 8.60. The molecule has 1 amide bonds. The van der Waals surface area contributed by atoms with Gasteiger partial charge in [-0.2, -0.15) is 0 Å². The molecule has 2 atom stereocenters. The van der Waals surface area contributed by atoms with Crippen LogP contribution in [0.25, 0.3) is 5.57 Å². The van der Waals surface area contributed by atoms with Crippen molar-refractivity contribution in [3.63, 3.8) is 0 Å². The number of amides is 1. The molecule has 166 valence electrons. The van der Waals surface area contributed by atoms with Crippen LogP contribution < -0.4 is 10.6 Å². The minimum absolute atomic E-state index is 0.179. The Morgan fingerprint density at radius 2 is 1.97 bits per heavy atom. The van der Waals surface area contributed by atoms with Crippen molar-refractivity contribution in [2.75, 3.05) is 30.3 Å². The molecule has 2 aromatic carbocycles. The Kier molecular flexibility index (Phi) is 5.66. The number of nitrogens with zero attached hydrogens (tertiary/aromatic N) is 2. The number of hydrogen-bond acceptors (Lipinski definition) is 5. The van der Waals surface area contributed by atoms with E-state index in [-0.39, 0.29) is 5.91 Å². The predicted octanol–water partition coefficient (Wildman–Crippen LogP) is 4.97. The van der Waals surface area contributed by atoms with Gasteiger partial charge in [0, 0.05) is 46.7 Å². The fourth-order valence-electron chi connectivity index (χ4n) is 4.99. The van der Waals surface area contributed by atoms with Crippen molar-refractivity contribution < 1.29 is 9.63 Å². The number of likely N-dealkylation sites (tertiary alicyclic amines) is 1. The molecule has 6 nitrogen and oxygen atoms in total. The van der Waals surface area contributed by atoms with Crippen LogP contribution in [0.4, 0.5) is 11.4 Å². The van der Waals surface area contributed by atoms with Crippen LogP contribution in [0.2, 0.25) is 5.02 Å². The third kappa shape index (κ3) is 3.78. The molecule has 0 bridgehead atoms. The van der Waals surface area contributed by atoms with Crippen LogP contribution in [0, 0.1) is 5.92 Å². The number of hydrogen-bond donors (Lipinski definition) is 2. The van der Waals surface area contributed by atoms with E-state index in [0.29, 0.717) is 34.7 Å². The van der Waals surface area contributed by atoms with Crippen molar-refractivity contribution in [1.29, 1.82) is 0 Å². The van der Waals surface area contributed by atoms with Crippen LogP contribution in [0.1, 0.15) is 37.8 Å². The van der Waals surface area contributed by atoms with Crippen molar-refractivity contribution in [1.82, 2.24) is 4.90 Å². The van der Waals surface area contributed by atoms with Crippen LogP contribution in [-0.4, -0.2) is 42.3 Å². The minimum Gasteiger partial charge on any atom is -0.394 e. The number of benzene rings is 2. The summed E-state index contributed by atoms with van der Waals surface area (Å²) in [5, 5.41) is 11.4. The highest BCUT2D eigenvalue weighted by Gasteiger charge is 2.34. The number of carbonyl (C=O) groups is 1. The highest BCUT2D eigenvalue weighted by atomic mass is 35.5. The molecule has 1 saturated heterocycles. The monoisotopic (exact) mass is 450 g/mol. The van der Waals surface area contributed by atoms with Gasteiger partial charge < -0.3 is 15.5 Å². The van der Waals surface area contributed by atoms with Crippen molar-refractivity contribution in [2.24, 2.45) is 11.1 Å². The van der Waals surface area contributed by atoms with Crippen molar-refractivity contribution in [3.8, 4) is 0 Å². The van der Waals surface area contributed by atoms with E-state index < -0.39 is 0 Å². The standard InChI is InChI=1S/C25H27ClN4O2/c1-3-17-12-15(2)14-30(17)10-11-32-29-23-18-6-4-5-7-20(18)27-24(23)22-19-13-16(26)8-9-21(19)28-25(22)31/h4-9,13,15,17,27H,3,10-12,14H2,1-2H3,(H,28,31)/b24-22-,29-23+/t15-,17+/m1/s1. The number of nitrogens with one attached hydrogen (secondary N) is 2. The summed E-state index contributed by atoms with van der Waals surface area (Å²) in [6.07, 6.45) is 2.40. The summed E-state index contributed by atoms with van der Waals surface area (Å²) in [6.45, 7) is 7.01. The molecule has 3 heterocycles. The van der Waals surface area contributed by atoms with Gasteiger partial charge in [-0.25, -0.2) is 0 Å². The maximum absolute atomic E-state index is 12.9. The normalized spacial score (nSPS) is 25.6. The maximum Gasteiger partial charge on any atom is 0.258 e. The van der Waals surface area contributed by atoms with E-state index >= 15 is 0 Å². The third-order valence-electron chi connectivity index (χ3n) is 6.49. The summed E-state index contributed by atoms with van der Waals surface area (Å²) in [7, 11) is 0. The van der Waals surface area contributed by atoms with Crippen molar-refractivity contribution in [3.05, 3.63) is 64.3 Å². The first-order valence-corrected chi connectivity index (χ1v) is 11.6. The Morgan fingerprint density at radius 3 is 2.81 bits per heavy atom. The Labute approximate surface area is 193 Å². The fraction of sp³-hybridized carbons (Fsp3) is 0.360. The Hall–Kier alpha value is -2.83. The molecule has 0 unspecified atom stereocenters. The van der Waals surface area contributed by atoms with E-state index in [1.54, 1.807) is 12.1 Å². The van der Waals surface area contributed by atoms with E-state index in [9.17, 15) is 4.79 Å². The van der Waals surface area contributed by atoms with Crippen LogP contribution in [-0.2, 0) is 9.63 Å². The number of carbonyl (C=O) groups excluding carboxylic acids is 1. The summed E-state index contributed by atoms with van der Waals surface area (Å²) >= 11 is 6.23. The summed E-state index contributed by atoms with van der Waals surface area (Å²) in [5.41, 5.74) is 5.14. The molecule has 2 aromatic rings. The maximum atomic E-state index is 12.9. The second-order valence-electron chi connectivity index (χ2n) is 8.74. The molecule has 3 aliphatic rings. The van der Waals surface area contributed by atoms with Crippen LogP contribution in [0.15, 0.2) is 53.3 Å². The van der Waals surface area contributed by atoms with E-state index in [0.717, 1.165) is 47.9 Å². The Morgan fingerprint density at radius 1 is 1.16 bits per heavy atom. The first-order chi connectivity index (χ1) is 15.5. The first-order valence-electron chi connectivity index (χ1n) is 11.2. The van der Waals surface area contributed by atoms with Gasteiger partial charge in [0.05, 0.1) is 11.3 Å². The number of allylic oxidation sites excluding steroid dienone is 1. The lowest BCUT2D eigenvalue weighted by Crippen LogP contribution is -2.32. The van der Waals surface area contributed by atoms with Gasteiger partial charge in [-0.1, -0.05) is 48.8 Å².